The number of thiophene rings is 1. The highest BCUT2D eigenvalue weighted by atomic mass is 79.9. The molecule has 0 spiro atoms. The number of hydrogen-bond donors (Lipinski definition) is 0. The normalized spacial score (nSPS) is 9.56. The average molecular weight is 268 g/mol. The maximum Gasteiger partial charge on any atom is 0.0716 e. The maximum atomic E-state index is 3.66. The third kappa shape index (κ3) is 1.66. The van der Waals surface area contributed by atoms with Gasteiger partial charge in [-0.3, -0.25) is 0 Å². The summed E-state index contributed by atoms with van der Waals surface area (Å²) >= 11 is 8.42. The molecule has 1 heterocycles. The molecule has 9 heavy (non-hydrogen) atoms. The molecule has 0 radical (unpaired) electrons. The van der Waals surface area contributed by atoms with Gasteiger partial charge in [0.15, 0.2) is 0 Å². The van der Waals surface area contributed by atoms with Crippen molar-refractivity contribution in [2.24, 2.45) is 0 Å². The highest BCUT2D eigenvalue weighted by Gasteiger charge is 1.99. The van der Waals surface area contributed by atoms with Crippen LogP contribution >= 0.6 is 43.2 Å². The molecule has 1 rings (SSSR count). The smallest absolute Gasteiger partial charge is 0.0716 e. The van der Waals surface area contributed by atoms with Crippen molar-refractivity contribution in [3.63, 3.8) is 0 Å². The first-order valence-electron chi connectivity index (χ1n) is 2.31. The van der Waals surface area contributed by atoms with E-state index in [1.807, 2.05) is 12.1 Å². The molecular formula is C6H4Br2S. The summed E-state index contributed by atoms with van der Waals surface area (Å²) in [5, 5.41) is 0. The van der Waals surface area contributed by atoms with Crippen molar-refractivity contribution in [2.75, 3.05) is 0 Å². The SMILES string of the molecule is C=Cc1sc(Br)cc1Br. The Morgan fingerprint density at radius 1 is 1.56 bits per heavy atom. The Hall–Kier alpha value is 0.400. The van der Waals surface area contributed by atoms with Gasteiger partial charge in [0.25, 0.3) is 0 Å². The molecular weight excluding hydrogens is 264 g/mol. The van der Waals surface area contributed by atoms with Crippen LogP contribution in [0.1, 0.15) is 4.88 Å². The van der Waals surface area contributed by atoms with Crippen LogP contribution in [-0.4, -0.2) is 0 Å². The summed E-state index contributed by atoms with van der Waals surface area (Å²) in [6.45, 7) is 3.66. The predicted molar refractivity (Wildman–Crippen MR) is 49.8 cm³/mol. The first-order valence-corrected chi connectivity index (χ1v) is 4.71. The van der Waals surface area contributed by atoms with Crippen molar-refractivity contribution < 1.29 is 0 Å². The van der Waals surface area contributed by atoms with Crippen molar-refractivity contribution in [3.8, 4) is 0 Å². The van der Waals surface area contributed by atoms with Crippen molar-refractivity contribution in [1.82, 2.24) is 0 Å². The lowest BCUT2D eigenvalue weighted by molar-refractivity contribution is 1.82. The van der Waals surface area contributed by atoms with Gasteiger partial charge in [-0.05, 0) is 37.9 Å². The summed E-state index contributed by atoms with van der Waals surface area (Å²) in [5.74, 6) is 0. The maximum absolute atomic E-state index is 3.66. The van der Waals surface area contributed by atoms with Crippen molar-refractivity contribution in [3.05, 3.63) is 25.8 Å². The third-order valence-electron chi connectivity index (χ3n) is 0.868. The minimum absolute atomic E-state index is 1.11. The van der Waals surface area contributed by atoms with E-state index in [1.165, 1.54) is 4.88 Å². The van der Waals surface area contributed by atoms with Gasteiger partial charge in [0.05, 0.1) is 3.79 Å². The van der Waals surface area contributed by atoms with Gasteiger partial charge >= 0.3 is 0 Å². The Morgan fingerprint density at radius 2 is 2.22 bits per heavy atom. The summed E-state index contributed by atoms with van der Waals surface area (Å²) in [4.78, 5) is 1.17. The molecule has 0 nitrogen and oxygen atoms in total. The molecule has 0 aliphatic heterocycles. The fourth-order valence-corrected chi connectivity index (χ4v) is 2.96. The lowest BCUT2D eigenvalue weighted by Crippen LogP contribution is -1.55. The summed E-state index contributed by atoms with van der Waals surface area (Å²) in [7, 11) is 0. The minimum Gasteiger partial charge on any atom is -0.128 e. The van der Waals surface area contributed by atoms with Gasteiger partial charge in [0.2, 0.25) is 0 Å². The monoisotopic (exact) mass is 266 g/mol. The second-order valence-electron chi connectivity index (χ2n) is 1.47. The van der Waals surface area contributed by atoms with E-state index in [0.717, 1.165) is 8.26 Å². The zero-order valence-corrected chi connectivity index (χ0v) is 8.51. The zero-order chi connectivity index (χ0) is 6.85. The quantitative estimate of drug-likeness (QED) is 0.724. The van der Waals surface area contributed by atoms with Gasteiger partial charge in [-0.25, -0.2) is 0 Å². The van der Waals surface area contributed by atoms with E-state index in [1.54, 1.807) is 11.3 Å². The van der Waals surface area contributed by atoms with Gasteiger partial charge in [0, 0.05) is 9.35 Å². The van der Waals surface area contributed by atoms with Gasteiger partial charge in [-0.1, -0.05) is 12.7 Å². The first kappa shape index (κ1) is 7.51. The van der Waals surface area contributed by atoms with Crippen LogP contribution in [-0.2, 0) is 0 Å². The minimum atomic E-state index is 1.11. The Kier molecular flexibility index (Phi) is 2.50. The van der Waals surface area contributed by atoms with Gasteiger partial charge in [-0.2, -0.15) is 0 Å². The third-order valence-corrected chi connectivity index (χ3v) is 3.42. The number of halogens is 2. The topological polar surface area (TPSA) is 0 Å². The van der Waals surface area contributed by atoms with Crippen LogP contribution in [0.5, 0.6) is 0 Å². The summed E-state index contributed by atoms with van der Waals surface area (Å²) in [5.41, 5.74) is 0. The van der Waals surface area contributed by atoms with Crippen LogP contribution in [0.3, 0.4) is 0 Å². The Bertz CT molecular complexity index is 227. The molecule has 0 bridgehead atoms. The highest BCUT2D eigenvalue weighted by Crippen LogP contribution is 2.31. The van der Waals surface area contributed by atoms with Gasteiger partial charge in [-0.15, -0.1) is 11.3 Å². The molecule has 0 aromatic carbocycles. The molecule has 0 N–H and O–H groups in total. The Morgan fingerprint density at radius 3 is 2.44 bits per heavy atom. The Balaban J connectivity index is 3.15. The standard InChI is InChI=1S/C6H4Br2S/c1-2-5-4(7)3-6(8)9-5/h2-3H,1H2. The number of hydrogen-bond acceptors (Lipinski definition) is 1. The molecule has 0 aliphatic rings. The van der Waals surface area contributed by atoms with Crippen LogP contribution in [0, 0.1) is 0 Å². The van der Waals surface area contributed by atoms with E-state index in [4.69, 9.17) is 0 Å². The van der Waals surface area contributed by atoms with E-state index in [-0.39, 0.29) is 0 Å². The van der Waals surface area contributed by atoms with Crippen LogP contribution in [0.25, 0.3) is 6.08 Å². The first-order chi connectivity index (χ1) is 4.24. The van der Waals surface area contributed by atoms with Crippen molar-refractivity contribution in [2.45, 2.75) is 0 Å². The average Bonchev–Trinajstić information content (AvgIpc) is 2.10. The molecule has 0 aliphatic carbocycles. The van der Waals surface area contributed by atoms with E-state index in [9.17, 15) is 0 Å². The molecule has 0 fully saturated rings. The molecule has 3 heteroatoms. The summed E-state index contributed by atoms with van der Waals surface area (Å²) in [6.07, 6.45) is 1.83. The number of rotatable bonds is 1. The summed E-state index contributed by atoms with van der Waals surface area (Å²) < 4.78 is 2.23. The second kappa shape index (κ2) is 2.99. The van der Waals surface area contributed by atoms with Gasteiger partial charge in [0.1, 0.15) is 0 Å². The van der Waals surface area contributed by atoms with Crippen LogP contribution in [0.4, 0.5) is 0 Å². The van der Waals surface area contributed by atoms with E-state index in [2.05, 4.69) is 38.4 Å². The lowest BCUT2D eigenvalue weighted by Gasteiger charge is -1.80. The van der Waals surface area contributed by atoms with Crippen LogP contribution in [0.15, 0.2) is 20.9 Å². The second-order valence-corrected chi connectivity index (χ2v) is 4.78. The van der Waals surface area contributed by atoms with Crippen LogP contribution in [0.2, 0.25) is 0 Å². The Labute approximate surface area is 74.8 Å². The fourth-order valence-electron chi connectivity index (χ4n) is 0.493. The molecule has 0 unspecified atom stereocenters. The largest absolute Gasteiger partial charge is 0.128 e. The molecule has 0 amide bonds. The predicted octanol–water partition coefficient (Wildman–Crippen LogP) is 3.92. The highest BCUT2D eigenvalue weighted by molar-refractivity contribution is 9.11. The van der Waals surface area contributed by atoms with E-state index < -0.39 is 0 Å². The van der Waals surface area contributed by atoms with Crippen molar-refractivity contribution in [1.29, 1.82) is 0 Å². The van der Waals surface area contributed by atoms with Gasteiger partial charge < -0.3 is 0 Å². The van der Waals surface area contributed by atoms with Crippen LogP contribution < -0.4 is 0 Å². The van der Waals surface area contributed by atoms with E-state index >= 15 is 0 Å². The lowest BCUT2D eigenvalue weighted by atomic mass is 10.5. The fraction of sp³-hybridized carbons (Fsp3) is 0. The molecule has 1 aromatic rings. The van der Waals surface area contributed by atoms with E-state index in [0.29, 0.717) is 0 Å². The summed E-state index contributed by atoms with van der Waals surface area (Å²) in [6, 6.07) is 2.02. The zero-order valence-electron chi connectivity index (χ0n) is 4.53. The molecule has 0 saturated carbocycles. The molecule has 0 atom stereocenters. The molecule has 48 valence electrons. The molecule has 0 saturated heterocycles. The molecule has 1 aromatic heterocycles. The van der Waals surface area contributed by atoms with Crippen molar-refractivity contribution >= 4 is 49.3 Å².